The Kier molecular flexibility index (Phi) is 1.58. The molecule has 0 fully saturated rings. The van der Waals surface area contributed by atoms with Crippen molar-refractivity contribution >= 4 is 5.95 Å². The van der Waals surface area contributed by atoms with Gasteiger partial charge in [-0.2, -0.15) is 10.1 Å². The van der Waals surface area contributed by atoms with Crippen molar-refractivity contribution < 1.29 is 0 Å². The maximum absolute atomic E-state index is 5.50. The summed E-state index contributed by atoms with van der Waals surface area (Å²) in [5, 5.41) is 3.97. The van der Waals surface area contributed by atoms with E-state index in [2.05, 4.69) is 10.1 Å². The molecule has 0 unspecified atom stereocenters. The molecule has 1 heterocycles. The van der Waals surface area contributed by atoms with E-state index >= 15 is 0 Å². The Morgan fingerprint density at radius 1 is 1.60 bits per heavy atom. The molecular weight excluding hydrogens is 130 g/mol. The largest absolute Gasteiger partial charge is 0.368 e. The third-order valence-electron chi connectivity index (χ3n) is 1.22. The van der Waals surface area contributed by atoms with Crippen LogP contribution in [0.1, 0.15) is 18.8 Å². The standard InChI is InChI=1S/C5H11N5/c1-3(6)4-8-5(7)10(2)9-4/h3H,6H2,1-2H3,(H2,7,8,9)/t3-/m1/s1. The highest BCUT2D eigenvalue weighted by Gasteiger charge is 2.06. The minimum absolute atomic E-state index is 0.150. The molecule has 1 rings (SSSR count). The van der Waals surface area contributed by atoms with E-state index in [0.717, 1.165) is 0 Å². The van der Waals surface area contributed by atoms with Crippen molar-refractivity contribution in [2.45, 2.75) is 13.0 Å². The Balaban J connectivity index is 2.98. The molecule has 0 amide bonds. The van der Waals surface area contributed by atoms with E-state index in [1.807, 2.05) is 6.92 Å². The van der Waals surface area contributed by atoms with Crippen LogP contribution in [0.5, 0.6) is 0 Å². The number of rotatable bonds is 1. The number of nitrogen functional groups attached to an aromatic ring is 1. The van der Waals surface area contributed by atoms with Gasteiger partial charge >= 0.3 is 0 Å². The van der Waals surface area contributed by atoms with Gasteiger partial charge < -0.3 is 11.5 Å². The lowest BCUT2D eigenvalue weighted by molar-refractivity contribution is 0.696. The van der Waals surface area contributed by atoms with Crippen LogP contribution in [-0.4, -0.2) is 14.8 Å². The molecule has 10 heavy (non-hydrogen) atoms. The SMILES string of the molecule is C[C@@H](N)c1nc(N)n(C)n1. The molecule has 0 saturated heterocycles. The van der Waals surface area contributed by atoms with E-state index in [9.17, 15) is 0 Å². The lowest BCUT2D eigenvalue weighted by Gasteiger charge is -1.93. The molecule has 0 saturated carbocycles. The maximum atomic E-state index is 5.50. The normalized spacial score (nSPS) is 13.5. The molecule has 0 aromatic carbocycles. The molecule has 4 N–H and O–H groups in total. The average Bonchev–Trinajstić information content (AvgIpc) is 2.13. The van der Waals surface area contributed by atoms with E-state index in [1.54, 1.807) is 7.05 Å². The van der Waals surface area contributed by atoms with Crippen LogP contribution in [0.25, 0.3) is 0 Å². The number of hydrogen-bond acceptors (Lipinski definition) is 4. The number of nitrogens with zero attached hydrogens (tertiary/aromatic N) is 3. The molecule has 0 spiro atoms. The van der Waals surface area contributed by atoms with Gasteiger partial charge in [-0.1, -0.05) is 0 Å². The molecule has 5 nitrogen and oxygen atoms in total. The summed E-state index contributed by atoms with van der Waals surface area (Å²) in [5.74, 6) is 0.979. The first-order chi connectivity index (χ1) is 4.61. The molecule has 56 valence electrons. The summed E-state index contributed by atoms with van der Waals surface area (Å²) >= 11 is 0. The molecule has 5 heteroatoms. The zero-order valence-corrected chi connectivity index (χ0v) is 6.07. The third kappa shape index (κ3) is 1.08. The van der Waals surface area contributed by atoms with Crippen molar-refractivity contribution in [3.05, 3.63) is 5.82 Å². The lowest BCUT2D eigenvalue weighted by atomic mass is 10.3. The highest BCUT2D eigenvalue weighted by molar-refractivity contribution is 5.16. The van der Waals surface area contributed by atoms with Crippen LogP contribution >= 0.6 is 0 Å². The summed E-state index contributed by atoms with van der Waals surface area (Å²) < 4.78 is 1.50. The van der Waals surface area contributed by atoms with Gasteiger partial charge in [-0.3, -0.25) is 0 Å². The fourth-order valence-electron chi connectivity index (χ4n) is 0.610. The van der Waals surface area contributed by atoms with Crippen LogP contribution in [0.15, 0.2) is 0 Å². The first kappa shape index (κ1) is 7.01. The van der Waals surface area contributed by atoms with E-state index < -0.39 is 0 Å². The van der Waals surface area contributed by atoms with Crippen LogP contribution in [0.3, 0.4) is 0 Å². The van der Waals surface area contributed by atoms with E-state index in [-0.39, 0.29) is 6.04 Å². The minimum atomic E-state index is -0.150. The van der Waals surface area contributed by atoms with Crippen LogP contribution in [-0.2, 0) is 7.05 Å². The second-order valence-electron chi connectivity index (χ2n) is 2.24. The summed E-state index contributed by atoms with van der Waals surface area (Å²) in [6, 6.07) is -0.150. The van der Waals surface area contributed by atoms with Crippen LogP contribution in [0.2, 0.25) is 0 Å². The number of anilines is 1. The molecule has 0 radical (unpaired) electrons. The second kappa shape index (κ2) is 2.26. The fourth-order valence-corrected chi connectivity index (χ4v) is 0.610. The van der Waals surface area contributed by atoms with Crippen molar-refractivity contribution in [1.29, 1.82) is 0 Å². The first-order valence-corrected chi connectivity index (χ1v) is 3.03. The summed E-state index contributed by atoms with van der Waals surface area (Å²) in [6.45, 7) is 1.81. The quantitative estimate of drug-likeness (QED) is 0.548. The predicted molar refractivity (Wildman–Crippen MR) is 38.0 cm³/mol. The highest BCUT2D eigenvalue weighted by atomic mass is 15.4. The van der Waals surface area contributed by atoms with Crippen molar-refractivity contribution in [3.63, 3.8) is 0 Å². The summed E-state index contributed by atoms with van der Waals surface area (Å²) in [4.78, 5) is 3.91. The number of hydrogen-bond donors (Lipinski definition) is 2. The molecule has 0 aliphatic heterocycles. The number of aromatic nitrogens is 3. The molecule has 1 aromatic rings. The van der Waals surface area contributed by atoms with Crippen LogP contribution in [0.4, 0.5) is 5.95 Å². The smallest absolute Gasteiger partial charge is 0.218 e. The monoisotopic (exact) mass is 141 g/mol. The predicted octanol–water partition coefficient (Wildman–Crippen LogP) is -0.583. The topological polar surface area (TPSA) is 82.7 Å². The van der Waals surface area contributed by atoms with Gasteiger partial charge in [0.25, 0.3) is 0 Å². The zero-order valence-electron chi connectivity index (χ0n) is 6.07. The van der Waals surface area contributed by atoms with Gasteiger partial charge in [0.2, 0.25) is 5.95 Å². The van der Waals surface area contributed by atoms with Gasteiger partial charge in [0.05, 0.1) is 6.04 Å². The molecule has 0 bridgehead atoms. The average molecular weight is 141 g/mol. The maximum Gasteiger partial charge on any atom is 0.218 e. The second-order valence-corrected chi connectivity index (χ2v) is 2.24. The summed E-state index contributed by atoms with van der Waals surface area (Å²) in [6.07, 6.45) is 0. The van der Waals surface area contributed by atoms with E-state index in [0.29, 0.717) is 11.8 Å². The highest BCUT2D eigenvalue weighted by Crippen LogP contribution is 2.04. The number of nitrogens with two attached hydrogens (primary N) is 2. The summed E-state index contributed by atoms with van der Waals surface area (Å²) in [5.41, 5.74) is 10.9. The zero-order chi connectivity index (χ0) is 7.72. The number of aryl methyl sites for hydroxylation is 1. The van der Waals surface area contributed by atoms with Crippen molar-refractivity contribution in [2.24, 2.45) is 12.8 Å². The Morgan fingerprint density at radius 2 is 2.20 bits per heavy atom. The molecule has 0 aliphatic carbocycles. The Bertz CT molecular complexity index is 206. The van der Waals surface area contributed by atoms with Crippen LogP contribution in [0, 0.1) is 0 Å². The third-order valence-corrected chi connectivity index (χ3v) is 1.22. The van der Waals surface area contributed by atoms with Gasteiger partial charge in [-0.25, -0.2) is 4.68 Å². The Labute approximate surface area is 59.0 Å². The molecule has 1 atom stereocenters. The molecule has 0 aliphatic rings. The molecule has 1 aromatic heterocycles. The van der Waals surface area contributed by atoms with Crippen LogP contribution < -0.4 is 11.5 Å². The Hall–Kier alpha value is -1.10. The van der Waals surface area contributed by atoms with Gasteiger partial charge in [0.1, 0.15) is 0 Å². The first-order valence-electron chi connectivity index (χ1n) is 3.03. The van der Waals surface area contributed by atoms with Crippen molar-refractivity contribution in [2.75, 3.05) is 5.73 Å². The fraction of sp³-hybridized carbons (Fsp3) is 0.600. The van der Waals surface area contributed by atoms with Gasteiger partial charge in [-0.15, -0.1) is 0 Å². The minimum Gasteiger partial charge on any atom is -0.368 e. The van der Waals surface area contributed by atoms with E-state index in [1.165, 1.54) is 4.68 Å². The van der Waals surface area contributed by atoms with Crippen molar-refractivity contribution in [1.82, 2.24) is 14.8 Å². The van der Waals surface area contributed by atoms with Crippen molar-refractivity contribution in [3.8, 4) is 0 Å². The van der Waals surface area contributed by atoms with Gasteiger partial charge in [0, 0.05) is 7.05 Å². The molecular formula is C5H11N5. The lowest BCUT2D eigenvalue weighted by Crippen LogP contribution is -2.07. The van der Waals surface area contributed by atoms with Gasteiger partial charge in [-0.05, 0) is 6.92 Å². The Morgan fingerprint density at radius 3 is 2.40 bits per heavy atom. The van der Waals surface area contributed by atoms with Gasteiger partial charge in [0.15, 0.2) is 5.82 Å². The summed E-state index contributed by atoms with van der Waals surface area (Å²) in [7, 11) is 1.73. The van der Waals surface area contributed by atoms with E-state index in [4.69, 9.17) is 11.5 Å².